The second-order valence-electron chi connectivity index (χ2n) is 2.39. The molecule has 1 aliphatic rings. The number of hydrogen-bond acceptors (Lipinski definition) is 2. The van der Waals surface area contributed by atoms with Gasteiger partial charge in [-0.05, 0) is 12.3 Å². The highest BCUT2D eigenvalue weighted by Gasteiger charge is 2.11. The van der Waals surface area contributed by atoms with Gasteiger partial charge in [0.15, 0.2) is 0 Å². The zero-order chi connectivity index (χ0) is 7.40. The van der Waals surface area contributed by atoms with E-state index in [4.69, 9.17) is 4.74 Å². The Balaban J connectivity index is 2.38. The van der Waals surface area contributed by atoms with Crippen molar-refractivity contribution in [3.63, 3.8) is 0 Å². The maximum absolute atomic E-state index is 10.4. The van der Waals surface area contributed by atoms with Crippen LogP contribution < -0.4 is 0 Å². The number of rotatable bonds is 0. The SMILES string of the molecule is CC(=O)C#CC1CCOC1. The lowest BCUT2D eigenvalue weighted by Gasteiger charge is -1.91. The van der Waals surface area contributed by atoms with Crippen LogP contribution in [0.25, 0.3) is 0 Å². The van der Waals surface area contributed by atoms with Crippen LogP contribution in [0.5, 0.6) is 0 Å². The molecule has 1 atom stereocenters. The summed E-state index contributed by atoms with van der Waals surface area (Å²) in [6, 6.07) is 0. The van der Waals surface area contributed by atoms with E-state index in [1.54, 1.807) is 0 Å². The first kappa shape index (κ1) is 7.30. The van der Waals surface area contributed by atoms with Crippen LogP contribution in [0.1, 0.15) is 13.3 Å². The van der Waals surface area contributed by atoms with Gasteiger partial charge in [-0.2, -0.15) is 0 Å². The predicted molar refractivity (Wildman–Crippen MR) is 37.4 cm³/mol. The maximum Gasteiger partial charge on any atom is 0.202 e. The molecule has 0 aromatic carbocycles. The molecule has 1 saturated heterocycles. The van der Waals surface area contributed by atoms with Crippen LogP contribution in [-0.2, 0) is 9.53 Å². The number of ether oxygens (including phenoxy) is 1. The van der Waals surface area contributed by atoms with E-state index in [-0.39, 0.29) is 5.78 Å². The van der Waals surface area contributed by atoms with Gasteiger partial charge in [-0.1, -0.05) is 5.92 Å². The smallest absolute Gasteiger partial charge is 0.202 e. The van der Waals surface area contributed by atoms with E-state index in [0.29, 0.717) is 12.5 Å². The molecule has 0 spiro atoms. The van der Waals surface area contributed by atoms with Crippen LogP contribution in [0, 0.1) is 17.8 Å². The molecule has 0 N–H and O–H groups in total. The summed E-state index contributed by atoms with van der Waals surface area (Å²) < 4.78 is 5.08. The fourth-order valence-corrected chi connectivity index (χ4v) is 0.852. The first-order valence-electron chi connectivity index (χ1n) is 3.39. The van der Waals surface area contributed by atoms with E-state index < -0.39 is 0 Å². The minimum Gasteiger partial charge on any atom is -0.380 e. The molecule has 2 nitrogen and oxygen atoms in total. The Morgan fingerprint density at radius 3 is 3.00 bits per heavy atom. The first-order valence-corrected chi connectivity index (χ1v) is 3.39. The lowest BCUT2D eigenvalue weighted by molar-refractivity contribution is -0.111. The van der Waals surface area contributed by atoms with Gasteiger partial charge in [0, 0.05) is 19.4 Å². The van der Waals surface area contributed by atoms with Gasteiger partial charge in [0.1, 0.15) is 0 Å². The Morgan fingerprint density at radius 2 is 2.50 bits per heavy atom. The molecule has 0 aromatic heterocycles. The van der Waals surface area contributed by atoms with Gasteiger partial charge in [-0.15, -0.1) is 0 Å². The molecule has 0 radical (unpaired) electrons. The van der Waals surface area contributed by atoms with E-state index in [1.807, 2.05) is 0 Å². The second-order valence-corrected chi connectivity index (χ2v) is 2.39. The van der Waals surface area contributed by atoms with Crippen molar-refractivity contribution >= 4 is 5.78 Å². The highest BCUT2D eigenvalue weighted by molar-refractivity contribution is 5.93. The topological polar surface area (TPSA) is 26.3 Å². The Kier molecular flexibility index (Phi) is 2.47. The molecule has 2 heteroatoms. The molecule has 10 heavy (non-hydrogen) atoms. The van der Waals surface area contributed by atoms with E-state index in [9.17, 15) is 4.79 Å². The van der Waals surface area contributed by atoms with Crippen molar-refractivity contribution in [2.75, 3.05) is 13.2 Å². The lowest BCUT2D eigenvalue weighted by atomic mass is 10.1. The van der Waals surface area contributed by atoms with Crippen molar-refractivity contribution in [2.45, 2.75) is 13.3 Å². The molecule has 0 aliphatic carbocycles. The van der Waals surface area contributed by atoms with Gasteiger partial charge in [0.05, 0.1) is 6.61 Å². The summed E-state index contributed by atoms with van der Waals surface area (Å²) in [5, 5.41) is 0. The van der Waals surface area contributed by atoms with E-state index in [2.05, 4.69) is 11.8 Å². The van der Waals surface area contributed by atoms with Gasteiger partial charge >= 0.3 is 0 Å². The van der Waals surface area contributed by atoms with Crippen LogP contribution in [0.15, 0.2) is 0 Å². The maximum atomic E-state index is 10.4. The highest BCUT2D eigenvalue weighted by Crippen LogP contribution is 2.09. The van der Waals surface area contributed by atoms with Gasteiger partial charge in [0.25, 0.3) is 0 Å². The van der Waals surface area contributed by atoms with Gasteiger partial charge in [-0.3, -0.25) is 4.79 Å². The van der Waals surface area contributed by atoms with Gasteiger partial charge < -0.3 is 4.74 Å². The monoisotopic (exact) mass is 138 g/mol. The average molecular weight is 138 g/mol. The number of Topliss-reactive ketones (excluding diaryl/α,β-unsaturated/α-hetero) is 1. The van der Waals surface area contributed by atoms with Crippen molar-refractivity contribution in [3.05, 3.63) is 0 Å². The molecule has 1 heterocycles. The minimum absolute atomic E-state index is 0.0631. The standard InChI is InChI=1S/C8H10O2/c1-7(9)2-3-8-4-5-10-6-8/h8H,4-6H2,1H3. The zero-order valence-electron chi connectivity index (χ0n) is 6.02. The van der Waals surface area contributed by atoms with Crippen LogP contribution >= 0.6 is 0 Å². The second kappa shape index (κ2) is 3.38. The lowest BCUT2D eigenvalue weighted by Crippen LogP contribution is -1.95. The van der Waals surface area contributed by atoms with E-state index >= 15 is 0 Å². The third kappa shape index (κ3) is 2.20. The minimum atomic E-state index is -0.0631. The Bertz CT molecular complexity index is 179. The first-order chi connectivity index (χ1) is 4.79. The highest BCUT2D eigenvalue weighted by atomic mass is 16.5. The Hall–Kier alpha value is -0.810. The molecular weight excluding hydrogens is 128 g/mol. The molecule has 1 fully saturated rings. The largest absolute Gasteiger partial charge is 0.380 e. The molecule has 1 unspecified atom stereocenters. The molecule has 1 aliphatic heterocycles. The summed E-state index contributed by atoms with van der Waals surface area (Å²) in [4.78, 5) is 10.4. The third-order valence-corrected chi connectivity index (χ3v) is 1.38. The van der Waals surface area contributed by atoms with Gasteiger partial charge in [0.2, 0.25) is 5.78 Å². The van der Waals surface area contributed by atoms with E-state index in [1.165, 1.54) is 6.92 Å². The molecule has 0 amide bonds. The van der Waals surface area contributed by atoms with E-state index in [0.717, 1.165) is 13.0 Å². The summed E-state index contributed by atoms with van der Waals surface area (Å²) in [5.74, 6) is 5.61. The molecule has 0 bridgehead atoms. The van der Waals surface area contributed by atoms with Crippen molar-refractivity contribution in [3.8, 4) is 11.8 Å². The zero-order valence-corrected chi connectivity index (χ0v) is 6.02. The van der Waals surface area contributed by atoms with Crippen molar-refractivity contribution in [1.82, 2.24) is 0 Å². The molecule has 0 saturated carbocycles. The summed E-state index contributed by atoms with van der Waals surface area (Å²) in [6.07, 6.45) is 0.972. The predicted octanol–water partition coefficient (Wildman–Crippen LogP) is 0.615. The summed E-state index contributed by atoms with van der Waals surface area (Å²) in [5.41, 5.74) is 0. The molecule has 1 rings (SSSR count). The molecular formula is C8H10O2. The van der Waals surface area contributed by atoms with Crippen LogP contribution in [0.2, 0.25) is 0 Å². The number of hydrogen-bond donors (Lipinski definition) is 0. The quantitative estimate of drug-likeness (QED) is 0.362. The van der Waals surface area contributed by atoms with Gasteiger partial charge in [-0.25, -0.2) is 0 Å². The van der Waals surface area contributed by atoms with Crippen molar-refractivity contribution in [1.29, 1.82) is 0 Å². The molecule has 54 valence electrons. The Morgan fingerprint density at radius 1 is 1.70 bits per heavy atom. The fourth-order valence-electron chi connectivity index (χ4n) is 0.852. The summed E-state index contributed by atoms with van der Waals surface area (Å²) >= 11 is 0. The van der Waals surface area contributed by atoms with Crippen LogP contribution in [-0.4, -0.2) is 19.0 Å². The number of ketones is 1. The van der Waals surface area contributed by atoms with Crippen molar-refractivity contribution in [2.24, 2.45) is 5.92 Å². The molecule has 0 aromatic rings. The van der Waals surface area contributed by atoms with Crippen LogP contribution in [0.4, 0.5) is 0 Å². The number of carbonyl (C=O) groups is 1. The van der Waals surface area contributed by atoms with Crippen LogP contribution in [0.3, 0.4) is 0 Å². The fraction of sp³-hybridized carbons (Fsp3) is 0.625. The van der Waals surface area contributed by atoms with Crippen molar-refractivity contribution < 1.29 is 9.53 Å². The average Bonchev–Trinajstić information content (AvgIpc) is 2.34. The Labute approximate surface area is 60.6 Å². The number of carbonyl (C=O) groups excluding carboxylic acids is 1. The summed E-state index contributed by atoms with van der Waals surface area (Å²) in [7, 11) is 0. The third-order valence-electron chi connectivity index (χ3n) is 1.38. The normalized spacial score (nSPS) is 23.5. The summed E-state index contributed by atoms with van der Waals surface area (Å²) in [6.45, 7) is 2.96.